The quantitative estimate of drug-likeness (QED) is 0.529. The first-order valence-electron chi connectivity index (χ1n) is 4.79. The molecule has 0 rings (SSSR count). The van der Waals surface area contributed by atoms with Crippen molar-refractivity contribution in [3.63, 3.8) is 0 Å². The molecule has 82 valence electrons. The van der Waals surface area contributed by atoms with E-state index >= 15 is 0 Å². The van der Waals surface area contributed by atoms with Gasteiger partial charge in [0.2, 0.25) is 0 Å². The maximum atomic E-state index is 12.6. The molecular formula is C12H21FO. The summed E-state index contributed by atoms with van der Waals surface area (Å²) in [5.74, 6) is -0.437. The van der Waals surface area contributed by atoms with Crippen LogP contribution in [0.2, 0.25) is 0 Å². The molecule has 14 heavy (non-hydrogen) atoms. The van der Waals surface area contributed by atoms with Gasteiger partial charge < -0.3 is 5.11 Å². The number of allylic oxidation sites excluding steroid dienone is 2. The number of hydrogen-bond donors (Lipinski definition) is 1. The van der Waals surface area contributed by atoms with E-state index in [1.54, 1.807) is 13.0 Å². The first kappa shape index (κ1) is 15.6. The molecule has 0 saturated carbocycles. The Morgan fingerprint density at radius 1 is 1.50 bits per heavy atom. The van der Waals surface area contributed by atoms with Crippen LogP contribution in [0.3, 0.4) is 0 Å². The van der Waals surface area contributed by atoms with Crippen LogP contribution in [-0.2, 0) is 0 Å². The van der Waals surface area contributed by atoms with Crippen molar-refractivity contribution in [2.24, 2.45) is 0 Å². The van der Waals surface area contributed by atoms with Crippen LogP contribution >= 0.6 is 0 Å². The highest BCUT2D eigenvalue weighted by atomic mass is 19.1. The molecule has 0 bridgehead atoms. The predicted molar refractivity (Wildman–Crippen MR) is 60.8 cm³/mol. The summed E-state index contributed by atoms with van der Waals surface area (Å²) in [6, 6.07) is 0. The third kappa shape index (κ3) is 7.74. The number of rotatable bonds is 5. The highest BCUT2D eigenvalue weighted by Crippen LogP contribution is 2.17. The lowest BCUT2D eigenvalue weighted by Crippen LogP contribution is -2.07. The van der Waals surface area contributed by atoms with E-state index in [1.807, 2.05) is 6.92 Å². The van der Waals surface area contributed by atoms with E-state index in [-0.39, 0.29) is 0 Å². The summed E-state index contributed by atoms with van der Waals surface area (Å²) in [5, 5.41) is 9.35. The van der Waals surface area contributed by atoms with E-state index < -0.39 is 11.9 Å². The molecular weight excluding hydrogens is 179 g/mol. The van der Waals surface area contributed by atoms with Gasteiger partial charge in [-0.25, -0.2) is 4.39 Å². The first-order valence-corrected chi connectivity index (χ1v) is 4.79. The van der Waals surface area contributed by atoms with Gasteiger partial charge in [-0.15, -0.1) is 13.2 Å². The fourth-order valence-corrected chi connectivity index (χ4v) is 1.07. The van der Waals surface area contributed by atoms with Crippen LogP contribution in [0.25, 0.3) is 0 Å². The molecule has 0 aromatic rings. The topological polar surface area (TPSA) is 20.2 Å². The van der Waals surface area contributed by atoms with E-state index in [0.29, 0.717) is 18.4 Å². The van der Waals surface area contributed by atoms with Crippen molar-refractivity contribution >= 4 is 0 Å². The van der Waals surface area contributed by atoms with Gasteiger partial charge in [-0.1, -0.05) is 26.0 Å². The number of hydrogen-bond acceptors (Lipinski definition) is 1. The molecule has 0 saturated heterocycles. The monoisotopic (exact) mass is 200 g/mol. The van der Waals surface area contributed by atoms with Gasteiger partial charge in [0, 0.05) is 6.42 Å². The highest BCUT2D eigenvalue weighted by molar-refractivity contribution is 5.22. The maximum absolute atomic E-state index is 12.6. The van der Waals surface area contributed by atoms with E-state index in [2.05, 4.69) is 19.7 Å². The number of aliphatic hydroxyl groups excluding tert-OH is 1. The molecule has 1 atom stereocenters. The van der Waals surface area contributed by atoms with E-state index in [9.17, 15) is 9.50 Å². The van der Waals surface area contributed by atoms with Gasteiger partial charge in [0.05, 0.1) is 6.10 Å². The molecule has 0 aliphatic rings. The second-order valence-electron chi connectivity index (χ2n) is 2.87. The Labute approximate surface area is 86.7 Å². The minimum absolute atomic E-state index is 0.375. The van der Waals surface area contributed by atoms with Crippen molar-refractivity contribution in [1.29, 1.82) is 0 Å². The zero-order chi connectivity index (χ0) is 11.6. The minimum Gasteiger partial charge on any atom is -0.393 e. The summed E-state index contributed by atoms with van der Waals surface area (Å²) < 4.78 is 12.6. The van der Waals surface area contributed by atoms with Crippen molar-refractivity contribution in [3.8, 4) is 0 Å². The summed E-state index contributed by atoms with van der Waals surface area (Å²) >= 11 is 0. The van der Waals surface area contributed by atoms with Crippen molar-refractivity contribution in [2.45, 2.75) is 39.2 Å². The third-order valence-electron chi connectivity index (χ3n) is 1.77. The largest absolute Gasteiger partial charge is 0.393 e. The molecule has 0 aliphatic carbocycles. The molecule has 0 radical (unpaired) electrons. The molecule has 0 amide bonds. The van der Waals surface area contributed by atoms with E-state index in [4.69, 9.17) is 0 Å². The Morgan fingerprint density at radius 3 is 2.29 bits per heavy atom. The standard InChI is InChI=1S/C10H17FO.C2H4/c1-4-6-10(12)7-9(5-2)8(3)11;1-2/h5,10,12H,3-4,6-7H2,1-2H3;1-2H2/b9-5-;. The van der Waals surface area contributed by atoms with Crippen LogP contribution in [0.1, 0.15) is 33.1 Å². The summed E-state index contributed by atoms with van der Waals surface area (Å²) in [4.78, 5) is 0. The Hall–Kier alpha value is -0.890. The van der Waals surface area contributed by atoms with Gasteiger partial charge in [-0.3, -0.25) is 0 Å². The predicted octanol–water partition coefficient (Wildman–Crippen LogP) is 3.77. The van der Waals surface area contributed by atoms with Crippen LogP contribution in [0, 0.1) is 0 Å². The van der Waals surface area contributed by atoms with Gasteiger partial charge in [-0.05, 0) is 18.9 Å². The first-order chi connectivity index (χ1) is 6.61. The summed E-state index contributed by atoms with van der Waals surface area (Å²) in [7, 11) is 0. The minimum atomic E-state index is -0.437. The third-order valence-corrected chi connectivity index (χ3v) is 1.77. The summed E-state index contributed by atoms with van der Waals surface area (Å²) in [6.07, 6.45) is 3.22. The molecule has 0 aromatic heterocycles. The Bertz CT molecular complexity index is 185. The molecule has 1 nitrogen and oxygen atoms in total. The fraction of sp³-hybridized carbons (Fsp3) is 0.500. The van der Waals surface area contributed by atoms with Crippen molar-refractivity contribution in [2.75, 3.05) is 0 Å². The van der Waals surface area contributed by atoms with Crippen LogP contribution in [0.15, 0.2) is 37.2 Å². The zero-order valence-electron chi connectivity index (χ0n) is 9.22. The number of halogens is 1. The lowest BCUT2D eigenvalue weighted by molar-refractivity contribution is 0.163. The Morgan fingerprint density at radius 2 is 2.00 bits per heavy atom. The van der Waals surface area contributed by atoms with Gasteiger partial charge in [0.25, 0.3) is 0 Å². The average Bonchev–Trinajstić information content (AvgIpc) is 2.17. The lowest BCUT2D eigenvalue weighted by atomic mass is 10.0. The fourth-order valence-electron chi connectivity index (χ4n) is 1.07. The van der Waals surface area contributed by atoms with Crippen LogP contribution in [0.4, 0.5) is 4.39 Å². The molecule has 2 heteroatoms. The van der Waals surface area contributed by atoms with Gasteiger partial charge in [-0.2, -0.15) is 0 Å². The maximum Gasteiger partial charge on any atom is 0.119 e. The second kappa shape index (κ2) is 10.2. The SMILES string of the molecule is C=C.C=C(F)/C(=C\C)CC(O)CCC. The molecule has 0 fully saturated rings. The second-order valence-corrected chi connectivity index (χ2v) is 2.87. The lowest BCUT2D eigenvalue weighted by Gasteiger charge is -2.10. The molecule has 0 heterocycles. The van der Waals surface area contributed by atoms with Crippen LogP contribution in [0.5, 0.6) is 0 Å². The molecule has 0 aromatic carbocycles. The molecule has 1 N–H and O–H groups in total. The van der Waals surface area contributed by atoms with Crippen molar-refractivity contribution < 1.29 is 9.50 Å². The molecule has 1 unspecified atom stereocenters. The normalized spacial score (nSPS) is 12.7. The van der Waals surface area contributed by atoms with Crippen molar-refractivity contribution in [1.82, 2.24) is 0 Å². The van der Waals surface area contributed by atoms with Gasteiger partial charge in [0.1, 0.15) is 5.83 Å². The van der Waals surface area contributed by atoms with E-state index in [1.165, 1.54) is 0 Å². The smallest absolute Gasteiger partial charge is 0.119 e. The van der Waals surface area contributed by atoms with Gasteiger partial charge >= 0.3 is 0 Å². The van der Waals surface area contributed by atoms with Crippen LogP contribution in [-0.4, -0.2) is 11.2 Å². The van der Waals surface area contributed by atoms with E-state index in [0.717, 1.165) is 6.42 Å². The summed E-state index contributed by atoms with van der Waals surface area (Å²) in [6.45, 7) is 12.9. The Kier molecular flexibility index (Phi) is 11.3. The molecule has 0 spiro atoms. The Balaban J connectivity index is 0. The number of aliphatic hydroxyl groups is 1. The molecule has 0 aliphatic heterocycles. The zero-order valence-corrected chi connectivity index (χ0v) is 9.22. The van der Waals surface area contributed by atoms with Crippen LogP contribution < -0.4 is 0 Å². The van der Waals surface area contributed by atoms with Gasteiger partial charge in [0.15, 0.2) is 0 Å². The van der Waals surface area contributed by atoms with Crippen molar-refractivity contribution in [3.05, 3.63) is 37.2 Å². The summed E-state index contributed by atoms with van der Waals surface area (Å²) in [5.41, 5.74) is 0.510. The average molecular weight is 200 g/mol. The highest BCUT2D eigenvalue weighted by Gasteiger charge is 2.08.